The van der Waals surface area contributed by atoms with E-state index in [0.717, 1.165) is 16.4 Å². The fraction of sp³-hybridized carbons (Fsp3) is 0.346. The van der Waals surface area contributed by atoms with Crippen LogP contribution in [0.3, 0.4) is 0 Å². The standard InChI is InChI=1S/C26H29N3O4S/c1-5-21-23(25(31)32-4)24(18-10-8-17(9-11-18)16(2)3)29-19(15-34-26(29)28-21)13-22(30)27-14-20-7-6-12-33-20/h6-12,15-16,24H,5,13-14H2,1-4H3,(H,27,30). The second-order valence-electron chi connectivity index (χ2n) is 8.45. The highest BCUT2D eigenvalue weighted by Gasteiger charge is 2.41. The van der Waals surface area contributed by atoms with Gasteiger partial charge in [-0.15, -0.1) is 0 Å². The number of fused-ring (bicyclic) bond motifs is 1. The number of ether oxygens (including phenoxy) is 1. The van der Waals surface area contributed by atoms with Gasteiger partial charge < -0.3 is 19.4 Å². The van der Waals surface area contributed by atoms with Gasteiger partial charge in [0.05, 0.1) is 43.7 Å². The summed E-state index contributed by atoms with van der Waals surface area (Å²) in [6, 6.07) is 11.5. The first kappa shape index (κ1) is 23.9. The number of rotatable bonds is 8. The number of carbonyl (C=O) groups is 2. The third kappa shape index (κ3) is 4.82. The Labute approximate surface area is 203 Å². The lowest BCUT2D eigenvalue weighted by Gasteiger charge is -2.36. The third-order valence-corrected chi connectivity index (χ3v) is 6.82. The first-order valence-electron chi connectivity index (χ1n) is 11.4. The zero-order valence-electron chi connectivity index (χ0n) is 19.8. The molecule has 0 saturated carbocycles. The lowest BCUT2D eigenvalue weighted by Crippen LogP contribution is -2.38. The quantitative estimate of drug-likeness (QED) is 0.521. The van der Waals surface area contributed by atoms with Crippen molar-refractivity contribution in [1.82, 2.24) is 10.2 Å². The topological polar surface area (TPSA) is 84.1 Å². The highest BCUT2D eigenvalue weighted by molar-refractivity contribution is 8.16. The van der Waals surface area contributed by atoms with Crippen molar-refractivity contribution in [2.24, 2.45) is 4.99 Å². The second-order valence-corrected chi connectivity index (χ2v) is 9.29. The van der Waals surface area contributed by atoms with Gasteiger partial charge in [0.15, 0.2) is 5.17 Å². The smallest absolute Gasteiger partial charge is 0.338 e. The van der Waals surface area contributed by atoms with E-state index in [2.05, 4.69) is 43.4 Å². The molecule has 2 aliphatic rings. The average Bonchev–Trinajstić information content (AvgIpc) is 3.51. The molecule has 7 nitrogen and oxygen atoms in total. The summed E-state index contributed by atoms with van der Waals surface area (Å²) in [5.41, 5.74) is 4.18. The van der Waals surface area contributed by atoms with Crippen LogP contribution < -0.4 is 5.32 Å². The largest absolute Gasteiger partial charge is 0.467 e. The van der Waals surface area contributed by atoms with Crippen LogP contribution >= 0.6 is 11.8 Å². The van der Waals surface area contributed by atoms with Crippen LogP contribution in [-0.4, -0.2) is 29.1 Å². The third-order valence-electron chi connectivity index (χ3n) is 5.93. The first-order valence-corrected chi connectivity index (χ1v) is 12.2. The fourth-order valence-corrected chi connectivity index (χ4v) is 5.05. The van der Waals surface area contributed by atoms with Gasteiger partial charge in [-0.25, -0.2) is 9.79 Å². The normalized spacial score (nSPS) is 17.4. The first-order chi connectivity index (χ1) is 16.4. The molecule has 2 aromatic rings. The van der Waals surface area contributed by atoms with Crippen molar-refractivity contribution in [1.29, 1.82) is 0 Å². The Morgan fingerprint density at radius 1 is 1.24 bits per heavy atom. The summed E-state index contributed by atoms with van der Waals surface area (Å²) in [5, 5.41) is 5.59. The minimum atomic E-state index is -0.421. The maximum atomic E-state index is 13.0. The SMILES string of the molecule is CCC1=C(C(=O)OC)C(c2ccc(C(C)C)cc2)N2C(CC(=O)NCc3ccco3)=CSC2=N1. The van der Waals surface area contributed by atoms with E-state index in [1.165, 1.54) is 24.4 Å². The van der Waals surface area contributed by atoms with Gasteiger partial charge in [0, 0.05) is 5.70 Å². The molecule has 1 N–H and O–H groups in total. The summed E-state index contributed by atoms with van der Waals surface area (Å²) in [6.07, 6.45) is 2.33. The van der Waals surface area contributed by atoms with Crippen LogP contribution in [0.4, 0.5) is 0 Å². The van der Waals surface area contributed by atoms with Crippen LogP contribution in [0, 0.1) is 0 Å². The maximum absolute atomic E-state index is 13.0. The van der Waals surface area contributed by atoms with Crippen LogP contribution in [0.15, 0.2) is 74.4 Å². The summed E-state index contributed by atoms with van der Waals surface area (Å²) in [6.45, 7) is 6.59. The molecule has 0 bridgehead atoms. The summed E-state index contributed by atoms with van der Waals surface area (Å²) < 4.78 is 10.5. The van der Waals surface area contributed by atoms with Crippen LogP contribution in [0.5, 0.6) is 0 Å². The van der Waals surface area contributed by atoms with Crippen LogP contribution in [0.1, 0.15) is 62.5 Å². The minimum Gasteiger partial charge on any atom is -0.467 e. The van der Waals surface area contributed by atoms with E-state index in [1.807, 2.05) is 23.3 Å². The lowest BCUT2D eigenvalue weighted by molar-refractivity contribution is -0.136. The molecule has 0 aliphatic carbocycles. The number of amidine groups is 1. The summed E-state index contributed by atoms with van der Waals surface area (Å²) in [7, 11) is 1.39. The summed E-state index contributed by atoms with van der Waals surface area (Å²) in [5.74, 6) is 0.546. The molecule has 0 saturated heterocycles. The molecule has 3 heterocycles. The number of aliphatic imine (C=N–C) groups is 1. The van der Waals surface area contributed by atoms with Gasteiger partial charge in [-0.2, -0.15) is 0 Å². The molecule has 1 aromatic carbocycles. The monoisotopic (exact) mass is 479 g/mol. The lowest BCUT2D eigenvalue weighted by atomic mass is 9.91. The average molecular weight is 480 g/mol. The Hall–Kier alpha value is -3.26. The number of thioether (sulfide) groups is 1. The number of nitrogens with one attached hydrogen (secondary N) is 1. The van der Waals surface area contributed by atoms with E-state index in [0.29, 0.717) is 35.9 Å². The minimum absolute atomic E-state index is 0.136. The second kappa shape index (κ2) is 10.3. The van der Waals surface area contributed by atoms with Crippen molar-refractivity contribution < 1.29 is 18.7 Å². The predicted octanol–water partition coefficient (Wildman–Crippen LogP) is 5.25. The molecule has 2 aliphatic heterocycles. The van der Waals surface area contributed by atoms with E-state index >= 15 is 0 Å². The van der Waals surface area contributed by atoms with Crippen molar-refractivity contribution in [2.75, 3.05) is 7.11 Å². The van der Waals surface area contributed by atoms with E-state index in [1.54, 1.807) is 12.3 Å². The van der Waals surface area contributed by atoms with Crippen molar-refractivity contribution >= 4 is 28.8 Å². The molecule has 1 amide bonds. The number of allylic oxidation sites excluding steroid dienone is 1. The Kier molecular flexibility index (Phi) is 7.26. The van der Waals surface area contributed by atoms with Crippen LogP contribution in [0.2, 0.25) is 0 Å². The van der Waals surface area contributed by atoms with Gasteiger partial charge in [0.1, 0.15) is 5.76 Å². The van der Waals surface area contributed by atoms with Crippen molar-refractivity contribution in [3.63, 3.8) is 0 Å². The van der Waals surface area contributed by atoms with E-state index in [4.69, 9.17) is 14.1 Å². The zero-order valence-corrected chi connectivity index (χ0v) is 20.6. The molecule has 178 valence electrons. The van der Waals surface area contributed by atoms with Gasteiger partial charge in [0.2, 0.25) is 5.91 Å². The number of hydrogen-bond donors (Lipinski definition) is 1. The molecule has 1 atom stereocenters. The number of furan rings is 1. The van der Waals surface area contributed by atoms with E-state index in [-0.39, 0.29) is 12.3 Å². The molecule has 0 fully saturated rings. The Bertz CT molecular complexity index is 1150. The molecule has 4 rings (SSSR count). The number of methoxy groups -OCH3 is 1. The summed E-state index contributed by atoms with van der Waals surface area (Å²) in [4.78, 5) is 32.5. The number of hydrogen-bond acceptors (Lipinski definition) is 7. The van der Waals surface area contributed by atoms with E-state index < -0.39 is 12.0 Å². The number of nitrogens with zero attached hydrogens (tertiary/aromatic N) is 2. The zero-order chi connectivity index (χ0) is 24.2. The van der Waals surface area contributed by atoms with Gasteiger partial charge in [-0.05, 0) is 41.0 Å². The molecule has 8 heteroatoms. The van der Waals surface area contributed by atoms with E-state index in [9.17, 15) is 9.59 Å². The Morgan fingerprint density at radius 2 is 2.00 bits per heavy atom. The van der Waals surface area contributed by atoms with Gasteiger partial charge in [-0.1, -0.05) is 56.8 Å². The van der Waals surface area contributed by atoms with Crippen molar-refractivity contribution in [3.05, 3.63) is 81.9 Å². The number of amides is 1. The maximum Gasteiger partial charge on any atom is 0.338 e. The number of carbonyl (C=O) groups excluding carboxylic acids is 2. The molecule has 1 unspecified atom stereocenters. The molecular formula is C26H29N3O4S. The molecule has 0 radical (unpaired) electrons. The van der Waals surface area contributed by atoms with Gasteiger partial charge >= 0.3 is 5.97 Å². The highest BCUT2D eigenvalue weighted by Crippen LogP contribution is 2.45. The van der Waals surface area contributed by atoms with Crippen LogP contribution in [-0.2, 0) is 20.9 Å². The molecule has 0 spiro atoms. The molecular weight excluding hydrogens is 450 g/mol. The molecule has 34 heavy (non-hydrogen) atoms. The Morgan fingerprint density at radius 3 is 2.62 bits per heavy atom. The highest BCUT2D eigenvalue weighted by atomic mass is 32.2. The predicted molar refractivity (Wildman–Crippen MR) is 133 cm³/mol. The van der Waals surface area contributed by atoms with Crippen molar-refractivity contribution in [3.8, 4) is 0 Å². The van der Waals surface area contributed by atoms with Gasteiger partial charge in [-0.3, -0.25) is 4.79 Å². The number of benzene rings is 1. The summed E-state index contributed by atoms with van der Waals surface area (Å²) >= 11 is 1.47. The Balaban J connectivity index is 1.66. The van der Waals surface area contributed by atoms with Gasteiger partial charge in [0.25, 0.3) is 0 Å². The van der Waals surface area contributed by atoms with Crippen LogP contribution in [0.25, 0.3) is 0 Å². The number of esters is 1. The fourth-order valence-electron chi connectivity index (χ4n) is 4.12. The molecule has 1 aromatic heterocycles. The van der Waals surface area contributed by atoms with Crippen molar-refractivity contribution in [2.45, 2.75) is 52.1 Å².